The molecule has 2 aromatic carbocycles. The van der Waals surface area contributed by atoms with Gasteiger partial charge in [-0.25, -0.2) is 9.37 Å². The minimum absolute atomic E-state index is 0.113. The first-order chi connectivity index (χ1) is 13.7. The molecule has 0 spiro atoms. The summed E-state index contributed by atoms with van der Waals surface area (Å²) >= 11 is 3.56. The predicted octanol–water partition coefficient (Wildman–Crippen LogP) is 5.60. The van der Waals surface area contributed by atoms with Crippen LogP contribution in [0.5, 0.6) is 0 Å². The summed E-state index contributed by atoms with van der Waals surface area (Å²) < 4.78 is 14.5. The van der Waals surface area contributed by atoms with Crippen molar-refractivity contribution in [3.63, 3.8) is 0 Å². The molecular formula is C22H16BrFN4. The molecule has 0 aliphatic carbocycles. The lowest BCUT2D eigenvalue weighted by molar-refractivity contribution is 0.628. The van der Waals surface area contributed by atoms with E-state index in [4.69, 9.17) is 4.98 Å². The molecule has 0 saturated carbocycles. The molecule has 1 aliphatic heterocycles. The maximum absolute atomic E-state index is 13.4. The summed E-state index contributed by atoms with van der Waals surface area (Å²) in [6, 6.07) is 16.6. The molecule has 0 amide bonds. The van der Waals surface area contributed by atoms with Gasteiger partial charge in [0.1, 0.15) is 11.6 Å². The highest BCUT2D eigenvalue weighted by Gasteiger charge is 2.28. The maximum atomic E-state index is 13.4. The van der Waals surface area contributed by atoms with Gasteiger partial charge in [-0.05, 0) is 60.2 Å². The third-order valence-electron chi connectivity index (χ3n) is 5.02. The summed E-state index contributed by atoms with van der Waals surface area (Å²) in [4.78, 5) is 12.6. The number of halogens is 2. The zero-order valence-corrected chi connectivity index (χ0v) is 16.4. The Balaban J connectivity index is 1.65. The zero-order valence-electron chi connectivity index (χ0n) is 14.8. The summed E-state index contributed by atoms with van der Waals surface area (Å²) in [7, 11) is 0. The third-order valence-corrected chi connectivity index (χ3v) is 5.52. The normalized spacial score (nSPS) is 15.3. The molecule has 0 bridgehead atoms. The molecule has 5 rings (SSSR count). The Labute approximate surface area is 170 Å². The molecule has 6 heteroatoms. The number of nitrogens with one attached hydrogen (secondary N) is 2. The van der Waals surface area contributed by atoms with Crippen LogP contribution in [-0.2, 0) is 0 Å². The van der Waals surface area contributed by atoms with Gasteiger partial charge >= 0.3 is 0 Å². The predicted molar refractivity (Wildman–Crippen MR) is 112 cm³/mol. The van der Waals surface area contributed by atoms with Gasteiger partial charge in [0.25, 0.3) is 0 Å². The highest BCUT2D eigenvalue weighted by Crippen LogP contribution is 2.39. The van der Waals surface area contributed by atoms with E-state index in [1.165, 1.54) is 17.7 Å². The molecule has 0 saturated heterocycles. The summed E-state index contributed by atoms with van der Waals surface area (Å²) in [5.41, 5.74) is 5.91. The van der Waals surface area contributed by atoms with Gasteiger partial charge in [-0.2, -0.15) is 0 Å². The summed E-state index contributed by atoms with van der Waals surface area (Å²) in [5.74, 6) is 0.741. The molecule has 0 fully saturated rings. The van der Waals surface area contributed by atoms with E-state index in [0.29, 0.717) is 0 Å². The molecule has 1 atom stereocenters. The van der Waals surface area contributed by atoms with Crippen molar-refractivity contribution >= 4 is 21.6 Å². The SMILES string of the molecule is Fc1ccc(-c2[nH]c(C3CNc4ccc(Br)cc43)nc2-c2ccncc2)cc1. The summed E-state index contributed by atoms with van der Waals surface area (Å²) in [6.07, 6.45) is 3.50. The summed E-state index contributed by atoms with van der Waals surface area (Å²) in [5, 5.41) is 3.45. The zero-order chi connectivity index (χ0) is 19.1. The molecule has 1 unspecified atom stereocenters. The molecule has 28 heavy (non-hydrogen) atoms. The number of rotatable bonds is 3. The van der Waals surface area contributed by atoms with Gasteiger partial charge in [0.15, 0.2) is 0 Å². The minimum atomic E-state index is -0.257. The van der Waals surface area contributed by atoms with Gasteiger partial charge in [0.05, 0.1) is 17.3 Å². The molecule has 2 aromatic heterocycles. The van der Waals surface area contributed by atoms with Crippen LogP contribution in [0.25, 0.3) is 22.5 Å². The highest BCUT2D eigenvalue weighted by molar-refractivity contribution is 9.10. The Bertz CT molecular complexity index is 1140. The average Bonchev–Trinajstić information content (AvgIpc) is 3.33. The monoisotopic (exact) mass is 434 g/mol. The molecule has 3 heterocycles. The number of benzene rings is 2. The molecule has 2 N–H and O–H groups in total. The van der Waals surface area contributed by atoms with Crippen LogP contribution in [0.15, 0.2) is 71.5 Å². The van der Waals surface area contributed by atoms with Gasteiger partial charge in [0.2, 0.25) is 0 Å². The second-order valence-electron chi connectivity index (χ2n) is 6.75. The van der Waals surface area contributed by atoms with Crippen molar-refractivity contribution in [3.8, 4) is 22.5 Å². The van der Waals surface area contributed by atoms with Crippen molar-refractivity contribution < 1.29 is 4.39 Å². The second-order valence-corrected chi connectivity index (χ2v) is 7.67. The number of fused-ring (bicyclic) bond motifs is 1. The Morgan fingerprint density at radius 3 is 2.54 bits per heavy atom. The minimum Gasteiger partial charge on any atom is -0.384 e. The van der Waals surface area contributed by atoms with E-state index < -0.39 is 0 Å². The fourth-order valence-electron chi connectivity index (χ4n) is 3.65. The van der Waals surface area contributed by atoms with E-state index in [9.17, 15) is 4.39 Å². The quantitative estimate of drug-likeness (QED) is 0.441. The van der Waals surface area contributed by atoms with Crippen LogP contribution in [0, 0.1) is 5.82 Å². The van der Waals surface area contributed by atoms with Crippen molar-refractivity contribution in [1.29, 1.82) is 0 Å². The Morgan fingerprint density at radius 1 is 0.964 bits per heavy atom. The number of imidazole rings is 1. The van der Waals surface area contributed by atoms with E-state index in [1.54, 1.807) is 24.5 Å². The number of hydrogen-bond acceptors (Lipinski definition) is 3. The Morgan fingerprint density at radius 2 is 1.75 bits per heavy atom. The van der Waals surface area contributed by atoms with E-state index >= 15 is 0 Å². The number of pyridine rings is 1. The van der Waals surface area contributed by atoms with Crippen molar-refractivity contribution in [2.75, 3.05) is 11.9 Å². The van der Waals surface area contributed by atoms with Gasteiger partial charge in [-0.3, -0.25) is 4.98 Å². The topological polar surface area (TPSA) is 53.6 Å². The molecule has 0 radical (unpaired) electrons. The lowest BCUT2D eigenvalue weighted by atomic mass is 10.0. The smallest absolute Gasteiger partial charge is 0.123 e. The van der Waals surface area contributed by atoms with Gasteiger partial charge in [0, 0.05) is 40.2 Å². The number of nitrogens with zero attached hydrogens (tertiary/aromatic N) is 2. The van der Waals surface area contributed by atoms with E-state index in [0.717, 1.165) is 45.0 Å². The van der Waals surface area contributed by atoms with Gasteiger partial charge < -0.3 is 10.3 Å². The van der Waals surface area contributed by atoms with E-state index in [2.05, 4.69) is 43.3 Å². The summed E-state index contributed by atoms with van der Waals surface area (Å²) in [6.45, 7) is 0.776. The highest BCUT2D eigenvalue weighted by atomic mass is 79.9. The molecule has 4 aromatic rings. The fourth-order valence-corrected chi connectivity index (χ4v) is 4.03. The van der Waals surface area contributed by atoms with E-state index in [-0.39, 0.29) is 11.7 Å². The first-order valence-corrected chi connectivity index (χ1v) is 9.78. The van der Waals surface area contributed by atoms with Gasteiger partial charge in [-0.1, -0.05) is 15.9 Å². The third kappa shape index (κ3) is 2.99. The second kappa shape index (κ2) is 6.87. The Hall–Kier alpha value is -2.99. The maximum Gasteiger partial charge on any atom is 0.123 e. The molecule has 138 valence electrons. The number of aromatic nitrogens is 3. The van der Waals surface area contributed by atoms with Crippen molar-refractivity contribution in [2.24, 2.45) is 0 Å². The van der Waals surface area contributed by atoms with E-state index in [1.807, 2.05) is 18.2 Å². The van der Waals surface area contributed by atoms with Crippen LogP contribution in [0.3, 0.4) is 0 Å². The molecule has 1 aliphatic rings. The number of H-pyrrole nitrogens is 1. The average molecular weight is 435 g/mol. The van der Waals surface area contributed by atoms with Crippen molar-refractivity contribution in [1.82, 2.24) is 15.0 Å². The molecular weight excluding hydrogens is 419 g/mol. The standard InChI is InChI=1S/C22H16BrFN4/c23-15-3-6-19-17(11-15)18(12-26-19)22-27-20(13-1-4-16(24)5-2-13)21(28-22)14-7-9-25-10-8-14/h1-11,18,26H,12H2,(H,27,28). The lowest BCUT2D eigenvalue weighted by Crippen LogP contribution is -2.05. The first kappa shape index (κ1) is 17.1. The largest absolute Gasteiger partial charge is 0.384 e. The van der Waals surface area contributed by atoms with Gasteiger partial charge in [-0.15, -0.1) is 0 Å². The van der Waals surface area contributed by atoms with Crippen molar-refractivity contribution in [2.45, 2.75) is 5.92 Å². The lowest BCUT2D eigenvalue weighted by Gasteiger charge is -2.07. The first-order valence-electron chi connectivity index (χ1n) is 8.98. The van der Waals surface area contributed by atoms with Crippen LogP contribution in [-0.4, -0.2) is 21.5 Å². The van der Waals surface area contributed by atoms with Crippen molar-refractivity contribution in [3.05, 3.63) is 88.7 Å². The van der Waals surface area contributed by atoms with Crippen LogP contribution in [0.4, 0.5) is 10.1 Å². The fraction of sp³-hybridized carbons (Fsp3) is 0.0909. The number of anilines is 1. The van der Waals surface area contributed by atoms with Crippen LogP contribution < -0.4 is 5.32 Å². The molecule has 4 nitrogen and oxygen atoms in total. The van der Waals surface area contributed by atoms with Crippen LogP contribution >= 0.6 is 15.9 Å². The van der Waals surface area contributed by atoms with Crippen LogP contribution in [0.1, 0.15) is 17.3 Å². The number of aromatic amines is 1. The van der Waals surface area contributed by atoms with Crippen LogP contribution in [0.2, 0.25) is 0 Å². The Kier molecular flexibility index (Phi) is 4.20. The number of hydrogen-bond donors (Lipinski definition) is 2.